The molecule has 0 bridgehead atoms. The molecule has 184 valence electrons. The topological polar surface area (TPSA) is 57.6 Å². The van der Waals surface area contributed by atoms with Crippen LogP contribution in [0.1, 0.15) is 37.8 Å². The van der Waals surface area contributed by atoms with E-state index in [9.17, 15) is 0 Å². The lowest BCUT2D eigenvalue weighted by Gasteiger charge is -2.41. The maximum Gasteiger partial charge on any atom is 0.228 e. The first-order valence-corrected chi connectivity index (χ1v) is 12.7. The van der Waals surface area contributed by atoms with Gasteiger partial charge in [0.05, 0.1) is 18.9 Å². The summed E-state index contributed by atoms with van der Waals surface area (Å²) in [6, 6.07) is 15.4. The standard InChI is InChI=1S/C28H36N6O/c1-20(2)23-8-5-9-24(17-23)25-18-26(31-28(30-25)32-13-15-35-16-14-32)34-12-11-33(19-22(34)4)27-21(3)7-6-10-29-27/h5-10,17-18,20,22H,11-16,19H2,1-4H3/t22-/m1/s1. The van der Waals surface area contributed by atoms with Crippen LogP contribution >= 0.6 is 0 Å². The average molecular weight is 473 g/mol. The van der Waals surface area contributed by atoms with Crippen molar-refractivity contribution < 1.29 is 4.74 Å². The fraction of sp³-hybridized carbons (Fsp3) is 0.464. The third kappa shape index (κ3) is 5.10. The van der Waals surface area contributed by atoms with Crippen LogP contribution in [0, 0.1) is 6.92 Å². The number of hydrogen-bond acceptors (Lipinski definition) is 7. The Morgan fingerprint density at radius 1 is 0.943 bits per heavy atom. The highest BCUT2D eigenvalue weighted by molar-refractivity contribution is 5.66. The third-order valence-corrected chi connectivity index (χ3v) is 7.05. The summed E-state index contributed by atoms with van der Waals surface area (Å²) in [5.41, 5.74) is 4.67. The van der Waals surface area contributed by atoms with Gasteiger partial charge in [0.1, 0.15) is 11.6 Å². The molecule has 7 nitrogen and oxygen atoms in total. The summed E-state index contributed by atoms with van der Waals surface area (Å²) in [6.45, 7) is 14.6. The van der Waals surface area contributed by atoms with Crippen molar-refractivity contribution in [1.29, 1.82) is 0 Å². The summed E-state index contributed by atoms with van der Waals surface area (Å²) in [5, 5.41) is 0. The molecule has 3 aromatic rings. The van der Waals surface area contributed by atoms with E-state index in [2.05, 4.69) is 83.8 Å². The molecule has 2 saturated heterocycles. The van der Waals surface area contributed by atoms with E-state index in [1.807, 2.05) is 12.3 Å². The number of benzene rings is 1. The molecule has 7 heteroatoms. The van der Waals surface area contributed by atoms with E-state index in [4.69, 9.17) is 14.7 Å². The molecule has 4 heterocycles. The zero-order chi connectivity index (χ0) is 24.4. The molecule has 1 atom stereocenters. The predicted molar refractivity (Wildman–Crippen MR) is 143 cm³/mol. The molecule has 2 aliphatic rings. The third-order valence-electron chi connectivity index (χ3n) is 7.05. The van der Waals surface area contributed by atoms with Crippen molar-refractivity contribution in [2.24, 2.45) is 0 Å². The van der Waals surface area contributed by atoms with Crippen LogP contribution in [0.3, 0.4) is 0 Å². The van der Waals surface area contributed by atoms with E-state index in [-0.39, 0.29) is 0 Å². The minimum Gasteiger partial charge on any atom is -0.378 e. The highest BCUT2D eigenvalue weighted by Gasteiger charge is 2.28. The number of nitrogens with zero attached hydrogens (tertiary/aromatic N) is 6. The second-order valence-corrected chi connectivity index (χ2v) is 9.92. The van der Waals surface area contributed by atoms with E-state index >= 15 is 0 Å². The summed E-state index contributed by atoms with van der Waals surface area (Å²) in [6.07, 6.45) is 1.88. The van der Waals surface area contributed by atoms with Gasteiger partial charge in [0.15, 0.2) is 0 Å². The summed E-state index contributed by atoms with van der Waals surface area (Å²) in [7, 11) is 0. The van der Waals surface area contributed by atoms with Gasteiger partial charge in [-0.3, -0.25) is 0 Å². The molecule has 35 heavy (non-hydrogen) atoms. The van der Waals surface area contributed by atoms with Gasteiger partial charge in [-0.15, -0.1) is 0 Å². The number of rotatable bonds is 5. The van der Waals surface area contributed by atoms with Crippen molar-refractivity contribution in [2.45, 2.75) is 39.7 Å². The molecule has 0 saturated carbocycles. The van der Waals surface area contributed by atoms with E-state index in [1.165, 1.54) is 11.1 Å². The predicted octanol–water partition coefficient (Wildman–Crippen LogP) is 4.52. The molecule has 0 N–H and O–H groups in total. The van der Waals surface area contributed by atoms with Crippen LogP contribution in [0.5, 0.6) is 0 Å². The summed E-state index contributed by atoms with van der Waals surface area (Å²) in [5.74, 6) is 3.35. The van der Waals surface area contributed by atoms with Crippen molar-refractivity contribution in [3.05, 3.63) is 59.8 Å². The average Bonchev–Trinajstić information content (AvgIpc) is 2.89. The zero-order valence-electron chi connectivity index (χ0n) is 21.3. The van der Waals surface area contributed by atoms with Gasteiger partial charge in [-0.05, 0) is 43.0 Å². The number of hydrogen-bond donors (Lipinski definition) is 0. The molecule has 2 aromatic heterocycles. The van der Waals surface area contributed by atoms with E-state index in [1.54, 1.807) is 0 Å². The molecular formula is C28H36N6O. The number of morpholine rings is 1. The highest BCUT2D eigenvalue weighted by atomic mass is 16.5. The normalized spacial score (nSPS) is 18.9. The van der Waals surface area contributed by atoms with Gasteiger partial charge in [-0.25, -0.2) is 9.97 Å². The zero-order valence-corrected chi connectivity index (χ0v) is 21.3. The number of piperazine rings is 1. The fourth-order valence-corrected chi connectivity index (χ4v) is 4.98. The fourth-order valence-electron chi connectivity index (χ4n) is 4.98. The van der Waals surface area contributed by atoms with Gasteiger partial charge in [-0.1, -0.05) is 38.1 Å². The van der Waals surface area contributed by atoms with Crippen molar-refractivity contribution in [1.82, 2.24) is 15.0 Å². The number of aryl methyl sites for hydroxylation is 1. The molecular weight excluding hydrogens is 436 g/mol. The van der Waals surface area contributed by atoms with Crippen molar-refractivity contribution in [3.63, 3.8) is 0 Å². The van der Waals surface area contributed by atoms with Gasteiger partial charge < -0.3 is 19.4 Å². The quantitative estimate of drug-likeness (QED) is 0.541. The van der Waals surface area contributed by atoms with Crippen LogP contribution in [-0.2, 0) is 4.74 Å². The summed E-state index contributed by atoms with van der Waals surface area (Å²) < 4.78 is 5.59. The Morgan fingerprint density at radius 3 is 2.51 bits per heavy atom. The number of pyridine rings is 1. The first-order valence-electron chi connectivity index (χ1n) is 12.7. The molecule has 2 fully saturated rings. The second kappa shape index (κ2) is 10.2. The maximum absolute atomic E-state index is 5.59. The lowest BCUT2D eigenvalue weighted by Crippen LogP contribution is -2.53. The van der Waals surface area contributed by atoms with Gasteiger partial charge in [-0.2, -0.15) is 4.98 Å². The smallest absolute Gasteiger partial charge is 0.228 e. The Balaban J connectivity index is 1.48. The van der Waals surface area contributed by atoms with Gasteiger partial charge in [0, 0.05) is 56.6 Å². The molecule has 0 aliphatic carbocycles. The van der Waals surface area contributed by atoms with Crippen LogP contribution in [0.25, 0.3) is 11.3 Å². The van der Waals surface area contributed by atoms with Crippen molar-refractivity contribution in [3.8, 4) is 11.3 Å². The van der Waals surface area contributed by atoms with Crippen LogP contribution in [0.2, 0.25) is 0 Å². The number of ether oxygens (including phenoxy) is 1. The monoisotopic (exact) mass is 472 g/mol. The second-order valence-electron chi connectivity index (χ2n) is 9.92. The Bertz CT molecular complexity index is 1160. The molecule has 0 amide bonds. The molecule has 5 rings (SSSR count). The maximum atomic E-state index is 5.59. The molecule has 0 unspecified atom stereocenters. The SMILES string of the molecule is Cc1cccnc1N1CCN(c2cc(-c3cccc(C(C)C)c3)nc(N3CCOCC3)n2)[C@H](C)C1. The molecule has 0 spiro atoms. The molecule has 2 aliphatic heterocycles. The lowest BCUT2D eigenvalue weighted by atomic mass is 9.99. The van der Waals surface area contributed by atoms with Crippen molar-refractivity contribution >= 4 is 17.6 Å². The Hall–Kier alpha value is -3.19. The Morgan fingerprint density at radius 2 is 1.77 bits per heavy atom. The van der Waals surface area contributed by atoms with Crippen LogP contribution in [0.4, 0.5) is 17.6 Å². The highest BCUT2D eigenvalue weighted by Crippen LogP contribution is 2.30. The molecule has 0 radical (unpaired) electrons. The summed E-state index contributed by atoms with van der Waals surface area (Å²) in [4.78, 5) is 21.8. The Kier molecular flexibility index (Phi) is 6.86. The number of anilines is 3. The molecule has 1 aromatic carbocycles. The number of aromatic nitrogens is 3. The first-order chi connectivity index (χ1) is 17.0. The van der Waals surface area contributed by atoms with E-state index < -0.39 is 0 Å². The first kappa shape index (κ1) is 23.5. The van der Waals surface area contributed by atoms with Gasteiger partial charge >= 0.3 is 0 Å². The largest absolute Gasteiger partial charge is 0.378 e. The van der Waals surface area contributed by atoms with E-state index in [0.717, 1.165) is 61.6 Å². The van der Waals surface area contributed by atoms with Crippen LogP contribution < -0.4 is 14.7 Å². The Labute approximate surface area is 208 Å². The minimum atomic E-state index is 0.299. The minimum absolute atomic E-state index is 0.299. The summed E-state index contributed by atoms with van der Waals surface area (Å²) >= 11 is 0. The lowest BCUT2D eigenvalue weighted by molar-refractivity contribution is 0.122. The van der Waals surface area contributed by atoms with Crippen LogP contribution in [0.15, 0.2) is 48.7 Å². The van der Waals surface area contributed by atoms with Gasteiger partial charge in [0.25, 0.3) is 0 Å². The van der Waals surface area contributed by atoms with Crippen molar-refractivity contribution in [2.75, 3.05) is 60.6 Å². The van der Waals surface area contributed by atoms with Gasteiger partial charge in [0.2, 0.25) is 5.95 Å². The van der Waals surface area contributed by atoms with Crippen LogP contribution in [-0.4, -0.2) is 66.9 Å². The van der Waals surface area contributed by atoms with E-state index in [0.29, 0.717) is 25.2 Å².